The molecule has 22 heavy (non-hydrogen) atoms. The maximum atomic E-state index is 9.59. The zero-order valence-electron chi connectivity index (χ0n) is 11.8. The van der Waals surface area contributed by atoms with Gasteiger partial charge >= 0.3 is 0 Å². The molecule has 0 heterocycles. The third-order valence-electron chi connectivity index (χ3n) is 3.11. The SMILES string of the molecule is OCC(O)C(O)C(O)C(O)C=NCCc1ccc(O)c(O)c1. The molecule has 1 aromatic carbocycles. The average Bonchev–Trinajstić information content (AvgIpc) is 2.52. The van der Waals surface area contributed by atoms with E-state index in [4.69, 9.17) is 15.3 Å². The highest BCUT2D eigenvalue weighted by Gasteiger charge is 2.28. The maximum absolute atomic E-state index is 9.59. The van der Waals surface area contributed by atoms with Gasteiger partial charge in [0, 0.05) is 12.8 Å². The van der Waals surface area contributed by atoms with E-state index >= 15 is 0 Å². The lowest BCUT2D eigenvalue weighted by atomic mass is 10.0. The van der Waals surface area contributed by atoms with Crippen molar-refractivity contribution in [2.24, 2.45) is 4.99 Å². The highest BCUT2D eigenvalue weighted by Crippen LogP contribution is 2.24. The Balaban J connectivity index is 2.46. The Labute approximate surface area is 127 Å². The van der Waals surface area contributed by atoms with E-state index in [0.717, 1.165) is 11.8 Å². The molecular formula is C14H21NO7. The number of phenolic OH excluding ortho intramolecular Hbond substituents is 2. The Kier molecular flexibility index (Phi) is 7.22. The lowest BCUT2D eigenvalue weighted by Gasteiger charge is -2.23. The van der Waals surface area contributed by atoms with E-state index in [1.165, 1.54) is 12.1 Å². The molecule has 0 amide bonds. The summed E-state index contributed by atoms with van der Waals surface area (Å²) in [5.41, 5.74) is 0.721. The summed E-state index contributed by atoms with van der Waals surface area (Å²) in [6.45, 7) is -0.501. The Morgan fingerprint density at radius 1 is 1.00 bits per heavy atom. The van der Waals surface area contributed by atoms with Crippen LogP contribution in [-0.4, -0.2) is 79.5 Å². The zero-order valence-corrected chi connectivity index (χ0v) is 11.8. The van der Waals surface area contributed by atoms with Crippen LogP contribution in [-0.2, 0) is 6.42 Å². The minimum atomic E-state index is -1.69. The van der Waals surface area contributed by atoms with Crippen molar-refractivity contribution >= 4 is 6.21 Å². The molecule has 4 unspecified atom stereocenters. The summed E-state index contributed by atoms with van der Waals surface area (Å²) in [6, 6.07) is 4.34. The van der Waals surface area contributed by atoms with Gasteiger partial charge in [0.1, 0.15) is 24.4 Å². The summed E-state index contributed by atoms with van der Waals surface area (Å²) in [5.74, 6) is -0.458. The normalized spacial score (nSPS) is 17.3. The third-order valence-corrected chi connectivity index (χ3v) is 3.11. The fraction of sp³-hybridized carbons (Fsp3) is 0.500. The number of benzene rings is 1. The van der Waals surface area contributed by atoms with Gasteiger partial charge in [-0.2, -0.15) is 0 Å². The van der Waals surface area contributed by atoms with Crippen molar-refractivity contribution in [3.8, 4) is 11.5 Å². The Bertz CT molecular complexity index is 494. The summed E-state index contributed by atoms with van der Waals surface area (Å²) < 4.78 is 0. The predicted octanol–water partition coefficient (Wildman–Crippen LogP) is -1.85. The molecule has 1 rings (SSSR count). The van der Waals surface area contributed by atoms with Gasteiger partial charge in [-0.1, -0.05) is 6.07 Å². The van der Waals surface area contributed by atoms with Crippen molar-refractivity contribution in [1.29, 1.82) is 0 Å². The van der Waals surface area contributed by atoms with Crippen LogP contribution in [0.25, 0.3) is 0 Å². The fourth-order valence-electron chi connectivity index (χ4n) is 1.73. The third kappa shape index (κ3) is 5.24. The van der Waals surface area contributed by atoms with E-state index in [1.807, 2.05) is 0 Å². The molecule has 0 aromatic heterocycles. The first-order valence-corrected chi connectivity index (χ1v) is 6.70. The second-order valence-electron chi connectivity index (χ2n) is 4.85. The van der Waals surface area contributed by atoms with Gasteiger partial charge in [0.2, 0.25) is 0 Å². The highest BCUT2D eigenvalue weighted by atomic mass is 16.4. The van der Waals surface area contributed by atoms with E-state index in [-0.39, 0.29) is 18.0 Å². The molecule has 0 spiro atoms. The maximum Gasteiger partial charge on any atom is 0.157 e. The number of rotatable bonds is 8. The van der Waals surface area contributed by atoms with Crippen LogP contribution in [0.5, 0.6) is 11.5 Å². The van der Waals surface area contributed by atoms with Gasteiger partial charge in [-0.15, -0.1) is 0 Å². The zero-order chi connectivity index (χ0) is 16.7. The Hall–Kier alpha value is -1.71. The average molecular weight is 315 g/mol. The van der Waals surface area contributed by atoms with Crippen LogP contribution < -0.4 is 0 Å². The number of hydrogen-bond acceptors (Lipinski definition) is 8. The van der Waals surface area contributed by atoms with Gasteiger partial charge in [0.15, 0.2) is 11.5 Å². The van der Waals surface area contributed by atoms with Crippen LogP contribution in [0.3, 0.4) is 0 Å². The summed E-state index contributed by atoms with van der Waals surface area (Å²) >= 11 is 0. The van der Waals surface area contributed by atoms with Gasteiger partial charge in [0.05, 0.1) is 6.61 Å². The van der Waals surface area contributed by atoms with E-state index in [9.17, 15) is 20.4 Å². The van der Waals surface area contributed by atoms with E-state index < -0.39 is 31.0 Å². The first kappa shape index (κ1) is 18.3. The Morgan fingerprint density at radius 2 is 1.68 bits per heavy atom. The molecule has 0 radical (unpaired) electrons. The quantitative estimate of drug-likeness (QED) is 0.219. The number of aliphatic hydroxyl groups is 5. The molecule has 124 valence electrons. The summed E-state index contributed by atoms with van der Waals surface area (Å²) in [6.07, 6.45) is -4.97. The molecule has 0 aliphatic heterocycles. The standard InChI is InChI=1S/C14H21NO7/c16-7-12(20)14(22)13(21)11(19)6-15-4-3-8-1-2-9(17)10(18)5-8/h1-2,5-6,11-14,16-22H,3-4,7H2. The Morgan fingerprint density at radius 3 is 2.27 bits per heavy atom. The second-order valence-corrected chi connectivity index (χ2v) is 4.85. The van der Waals surface area contributed by atoms with Crippen LogP contribution in [0.2, 0.25) is 0 Å². The lowest BCUT2D eigenvalue weighted by Crippen LogP contribution is -2.46. The molecule has 1 aromatic rings. The number of nitrogens with zero attached hydrogens (tertiary/aromatic N) is 1. The molecule has 7 N–H and O–H groups in total. The molecule has 8 heteroatoms. The summed E-state index contributed by atoms with van der Waals surface area (Å²) in [7, 11) is 0. The number of aromatic hydroxyl groups is 2. The molecule has 0 aliphatic carbocycles. The predicted molar refractivity (Wildman–Crippen MR) is 77.9 cm³/mol. The van der Waals surface area contributed by atoms with Gasteiger partial charge in [-0.3, -0.25) is 4.99 Å². The number of hydrogen-bond donors (Lipinski definition) is 7. The highest BCUT2D eigenvalue weighted by molar-refractivity contribution is 5.63. The van der Waals surface area contributed by atoms with E-state index in [1.54, 1.807) is 6.07 Å². The van der Waals surface area contributed by atoms with Gasteiger partial charge in [-0.25, -0.2) is 0 Å². The first-order valence-electron chi connectivity index (χ1n) is 6.70. The molecule has 4 atom stereocenters. The van der Waals surface area contributed by atoms with Crippen molar-refractivity contribution in [2.75, 3.05) is 13.2 Å². The van der Waals surface area contributed by atoms with Crippen LogP contribution in [0.15, 0.2) is 23.2 Å². The largest absolute Gasteiger partial charge is 0.504 e. The second kappa shape index (κ2) is 8.66. The molecule has 0 saturated heterocycles. The molecule has 0 fully saturated rings. The van der Waals surface area contributed by atoms with Crippen LogP contribution in [0.1, 0.15) is 5.56 Å². The molecule has 0 aliphatic rings. The first-order chi connectivity index (χ1) is 10.4. The van der Waals surface area contributed by atoms with Gasteiger partial charge < -0.3 is 35.7 Å². The van der Waals surface area contributed by atoms with Crippen molar-refractivity contribution < 1.29 is 35.7 Å². The molecule has 8 nitrogen and oxygen atoms in total. The van der Waals surface area contributed by atoms with Crippen molar-refractivity contribution in [3.63, 3.8) is 0 Å². The minimum Gasteiger partial charge on any atom is -0.504 e. The van der Waals surface area contributed by atoms with Crippen LogP contribution >= 0.6 is 0 Å². The van der Waals surface area contributed by atoms with Crippen LogP contribution in [0.4, 0.5) is 0 Å². The summed E-state index contributed by atoms with van der Waals surface area (Å²) in [4.78, 5) is 3.87. The lowest BCUT2D eigenvalue weighted by molar-refractivity contribution is -0.0999. The monoisotopic (exact) mass is 315 g/mol. The van der Waals surface area contributed by atoms with Crippen molar-refractivity contribution in [2.45, 2.75) is 30.8 Å². The molecular weight excluding hydrogens is 294 g/mol. The fourth-order valence-corrected chi connectivity index (χ4v) is 1.73. The topological polar surface area (TPSA) is 154 Å². The smallest absolute Gasteiger partial charge is 0.157 e. The van der Waals surface area contributed by atoms with Gasteiger partial charge in [-0.05, 0) is 24.1 Å². The van der Waals surface area contributed by atoms with Crippen LogP contribution in [0, 0.1) is 0 Å². The number of aliphatic imine (C=N–C) groups is 1. The minimum absolute atomic E-state index is 0.220. The van der Waals surface area contributed by atoms with E-state index in [2.05, 4.69) is 4.99 Å². The number of aliphatic hydroxyl groups excluding tert-OH is 5. The molecule has 0 bridgehead atoms. The van der Waals surface area contributed by atoms with Crippen molar-refractivity contribution in [3.05, 3.63) is 23.8 Å². The van der Waals surface area contributed by atoms with Gasteiger partial charge in [0.25, 0.3) is 0 Å². The molecule has 0 saturated carbocycles. The van der Waals surface area contributed by atoms with Crippen molar-refractivity contribution in [1.82, 2.24) is 0 Å². The van der Waals surface area contributed by atoms with E-state index in [0.29, 0.717) is 6.42 Å². The summed E-state index contributed by atoms with van der Waals surface area (Å²) in [5, 5.41) is 64.8. The number of phenols is 2.